The van der Waals surface area contributed by atoms with Gasteiger partial charge in [0.2, 0.25) is 10.0 Å². The summed E-state index contributed by atoms with van der Waals surface area (Å²) in [5, 5.41) is 9.14. The van der Waals surface area contributed by atoms with Gasteiger partial charge < -0.3 is 9.67 Å². The Morgan fingerprint density at radius 1 is 1.33 bits per heavy atom. The SMILES string of the molecule is CCCCCNS(=O)(=O)c1cc(CO)n(CC)c1. The molecule has 1 rings (SSSR count). The summed E-state index contributed by atoms with van der Waals surface area (Å²) in [5.74, 6) is 0. The highest BCUT2D eigenvalue weighted by molar-refractivity contribution is 7.89. The summed E-state index contributed by atoms with van der Waals surface area (Å²) in [5.41, 5.74) is 0.617. The number of nitrogens with one attached hydrogen (secondary N) is 1. The molecule has 0 amide bonds. The Labute approximate surface area is 109 Å². The van der Waals surface area contributed by atoms with Crippen molar-refractivity contribution in [3.05, 3.63) is 18.0 Å². The lowest BCUT2D eigenvalue weighted by atomic mass is 10.3. The molecular formula is C12H22N2O3S. The van der Waals surface area contributed by atoms with E-state index in [1.807, 2.05) is 6.92 Å². The molecule has 6 heteroatoms. The van der Waals surface area contributed by atoms with Crippen LogP contribution < -0.4 is 4.72 Å². The van der Waals surface area contributed by atoms with E-state index in [0.29, 0.717) is 18.8 Å². The Hall–Kier alpha value is -0.850. The van der Waals surface area contributed by atoms with Crippen LogP contribution in [0.15, 0.2) is 17.2 Å². The zero-order valence-corrected chi connectivity index (χ0v) is 11.8. The average molecular weight is 274 g/mol. The lowest BCUT2D eigenvalue weighted by molar-refractivity contribution is 0.271. The first-order valence-corrected chi connectivity index (χ1v) is 7.83. The van der Waals surface area contributed by atoms with Gasteiger partial charge >= 0.3 is 0 Å². The molecule has 0 bridgehead atoms. The summed E-state index contributed by atoms with van der Waals surface area (Å²) in [6.45, 7) is 4.93. The van der Waals surface area contributed by atoms with Gasteiger partial charge in [0.05, 0.1) is 11.5 Å². The van der Waals surface area contributed by atoms with Crippen LogP contribution in [0.4, 0.5) is 0 Å². The van der Waals surface area contributed by atoms with Gasteiger partial charge in [-0.25, -0.2) is 13.1 Å². The van der Waals surface area contributed by atoms with Gasteiger partial charge in [-0.15, -0.1) is 0 Å². The average Bonchev–Trinajstić information content (AvgIpc) is 2.78. The van der Waals surface area contributed by atoms with Crippen molar-refractivity contribution in [3.63, 3.8) is 0 Å². The van der Waals surface area contributed by atoms with Crippen molar-refractivity contribution in [1.29, 1.82) is 0 Å². The second-order valence-electron chi connectivity index (χ2n) is 4.22. The molecule has 0 spiro atoms. The minimum atomic E-state index is -3.44. The van der Waals surface area contributed by atoms with Crippen LogP contribution in [0.3, 0.4) is 0 Å². The first-order chi connectivity index (χ1) is 8.55. The number of sulfonamides is 1. The van der Waals surface area contributed by atoms with Crippen LogP contribution in [-0.4, -0.2) is 24.6 Å². The molecule has 0 radical (unpaired) electrons. The third kappa shape index (κ3) is 3.83. The molecule has 2 N–H and O–H groups in total. The molecule has 1 heterocycles. The van der Waals surface area contributed by atoms with Gasteiger partial charge in [-0.1, -0.05) is 19.8 Å². The predicted octanol–water partition coefficient (Wildman–Crippen LogP) is 1.47. The maximum atomic E-state index is 12.0. The van der Waals surface area contributed by atoms with Gasteiger partial charge in [0.25, 0.3) is 0 Å². The fourth-order valence-corrected chi connectivity index (χ4v) is 2.90. The molecule has 0 unspecified atom stereocenters. The van der Waals surface area contributed by atoms with Crippen LogP contribution in [0.5, 0.6) is 0 Å². The maximum Gasteiger partial charge on any atom is 0.242 e. The Kier molecular flexibility index (Phi) is 5.84. The summed E-state index contributed by atoms with van der Waals surface area (Å²) in [6, 6.07) is 1.52. The lowest BCUT2D eigenvalue weighted by Crippen LogP contribution is -2.24. The van der Waals surface area contributed by atoms with Gasteiger partial charge in [0, 0.05) is 25.0 Å². The minimum absolute atomic E-state index is 0.154. The van der Waals surface area contributed by atoms with E-state index in [9.17, 15) is 8.42 Å². The quantitative estimate of drug-likeness (QED) is 0.705. The molecule has 0 saturated carbocycles. The van der Waals surface area contributed by atoms with Crippen LogP contribution in [0.25, 0.3) is 0 Å². The highest BCUT2D eigenvalue weighted by Gasteiger charge is 2.17. The van der Waals surface area contributed by atoms with E-state index in [-0.39, 0.29) is 11.5 Å². The van der Waals surface area contributed by atoms with Crippen molar-refractivity contribution >= 4 is 10.0 Å². The summed E-state index contributed by atoms with van der Waals surface area (Å²) in [6.07, 6.45) is 4.48. The third-order valence-electron chi connectivity index (χ3n) is 2.85. The number of aliphatic hydroxyl groups is 1. The Morgan fingerprint density at radius 2 is 2.06 bits per heavy atom. The zero-order chi connectivity index (χ0) is 13.6. The molecule has 1 aromatic rings. The number of aliphatic hydroxyl groups excluding tert-OH is 1. The highest BCUT2D eigenvalue weighted by Crippen LogP contribution is 2.14. The third-order valence-corrected chi connectivity index (χ3v) is 4.27. The minimum Gasteiger partial charge on any atom is -0.390 e. The molecule has 104 valence electrons. The van der Waals surface area contributed by atoms with E-state index in [1.54, 1.807) is 10.8 Å². The van der Waals surface area contributed by atoms with Crippen molar-refractivity contribution in [2.75, 3.05) is 6.54 Å². The van der Waals surface area contributed by atoms with Crippen molar-refractivity contribution < 1.29 is 13.5 Å². The molecule has 0 atom stereocenters. The molecule has 0 aromatic carbocycles. The second kappa shape index (κ2) is 6.92. The van der Waals surface area contributed by atoms with E-state index in [1.165, 1.54) is 6.07 Å². The monoisotopic (exact) mass is 274 g/mol. The van der Waals surface area contributed by atoms with Crippen molar-refractivity contribution in [2.45, 2.75) is 51.2 Å². The summed E-state index contributed by atoms with van der Waals surface area (Å²) in [7, 11) is -3.44. The molecule has 0 aliphatic rings. The van der Waals surface area contributed by atoms with Crippen molar-refractivity contribution in [2.24, 2.45) is 0 Å². The van der Waals surface area contributed by atoms with E-state index in [2.05, 4.69) is 11.6 Å². The number of hydrogen-bond donors (Lipinski definition) is 2. The molecule has 0 aliphatic heterocycles. The molecular weight excluding hydrogens is 252 g/mol. The van der Waals surface area contributed by atoms with Crippen LogP contribution in [0.2, 0.25) is 0 Å². The van der Waals surface area contributed by atoms with Gasteiger partial charge in [-0.2, -0.15) is 0 Å². The normalized spacial score (nSPS) is 11.9. The fraction of sp³-hybridized carbons (Fsp3) is 0.667. The van der Waals surface area contributed by atoms with Crippen LogP contribution >= 0.6 is 0 Å². The molecule has 0 fully saturated rings. The number of aromatic nitrogens is 1. The van der Waals surface area contributed by atoms with Crippen molar-refractivity contribution in [3.8, 4) is 0 Å². The number of rotatable bonds is 8. The van der Waals surface area contributed by atoms with Gasteiger partial charge in [-0.3, -0.25) is 0 Å². The lowest BCUT2D eigenvalue weighted by Gasteiger charge is -2.04. The first kappa shape index (κ1) is 15.2. The van der Waals surface area contributed by atoms with Crippen LogP contribution in [-0.2, 0) is 23.2 Å². The Balaban J connectivity index is 2.75. The van der Waals surface area contributed by atoms with E-state index in [4.69, 9.17) is 5.11 Å². The summed E-state index contributed by atoms with van der Waals surface area (Å²) in [4.78, 5) is 0.227. The van der Waals surface area contributed by atoms with E-state index < -0.39 is 10.0 Å². The number of aryl methyl sites for hydroxylation is 1. The Morgan fingerprint density at radius 3 is 2.56 bits per heavy atom. The highest BCUT2D eigenvalue weighted by atomic mass is 32.2. The second-order valence-corrected chi connectivity index (χ2v) is 5.98. The molecule has 1 aromatic heterocycles. The number of hydrogen-bond acceptors (Lipinski definition) is 3. The predicted molar refractivity (Wildman–Crippen MR) is 70.7 cm³/mol. The smallest absolute Gasteiger partial charge is 0.242 e. The molecule has 5 nitrogen and oxygen atoms in total. The van der Waals surface area contributed by atoms with Crippen LogP contribution in [0, 0.1) is 0 Å². The maximum absolute atomic E-state index is 12.0. The fourth-order valence-electron chi connectivity index (χ4n) is 1.76. The Bertz CT molecular complexity index is 444. The largest absolute Gasteiger partial charge is 0.390 e. The summed E-state index contributed by atoms with van der Waals surface area (Å²) >= 11 is 0. The van der Waals surface area contributed by atoms with E-state index >= 15 is 0 Å². The standard InChI is InChI=1S/C12H22N2O3S/c1-3-5-6-7-13-18(16,17)12-8-11(10-15)14(4-2)9-12/h8-9,13,15H,3-7,10H2,1-2H3. The van der Waals surface area contributed by atoms with Gasteiger partial charge in [0.15, 0.2) is 0 Å². The zero-order valence-electron chi connectivity index (χ0n) is 11.0. The van der Waals surface area contributed by atoms with Gasteiger partial charge in [0.1, 0.15) is 0 Å². The number of unbranched alkanes of at least 4 members (excludes halogenated alkanes) is 2. The van der Waals surface area contributed by atoms with Crippen molar-refractivity contribution in [1.82, 2.24) is 9.29 Å². The molecule has 0 saturated heterocycles. The first-order valence-electron chi connectivity index (χ1n) is 6.34. The molecule has 18 heavy (non-hydrogen) atoms. The van der Waals surface area contributed by atoms with Crippen LogP contribution in [0.1, 0.15) is 38.8 Å². The summed E-state index contributed by atoms with van der Waals surface area (Å²) < 4.78 is 28.3. The topological polar surface area (TPSA) is 71.3 Å². The molecule has 0 aliphatic carbocycles. The van der Waals surface area contributed by atoms with E-state index in [0.717, 1.165) is 19.3 Å². The number of nitrogens with zero attached hydrogens (tertiary/aromatic N) is 1. The van der Waals surface area contributed by atoms with Gasteiger partial charge in [-0.05, 0) is 19.4 Å².